The van der Waals surface area contributed by atoms with E-state index < -0.39 is 18.4 Å². The van der Waals surface area contributed by atoms with Crippen LogP contribution in [0, 0.1) is 6.92 Å². The molecule has 5 heterocycles. The topological polar surface area (TPSA) is 182 Å². The molecule has 1 saturated carbocycles. The van der Waals surface area contributed by atoms with Gasteiger partial charge in [0.2, 0.25) is 11.3 Å². The lowest BCUT2D eigenvalue weighted by atomic mass is 9.81. The lowest BCUT2D eigenvalue weighted by Crippen LogP contribution is -2.67. The average Bonchev–Trinajstić information content (AvgIpc) is 3.42. The van der Waals surface area contributed by atoms with Crippen LogP contribution in [0.4, 0.5) is 5.69 Å². The average molecular weight is 576 g/mol. The van der Waals surface area contributed by atoms with Crippen LogP contribution in [0.25, 0.3) is 16.9 Å². The van der Waals surface area contributed by atoms with Gasteiger partial charge in [0, 0.05) is 37.1 Å². The molecule has 1 aliphatic heterocycles. The number of hydrogen-bond donors (Lipinski definition) is 2. The molecule has 42 heavy (non-hydrogen) atoms. The Morgan fingerprint density at radius 3 is 2.60 bits per heavy atom. The minimum atomic E-state index is -1.09. The zero-order valence-electron chi connectivity index (χ0n) is 23.3. The van der Waals surface area contributed by atoms with Gasteiger partial charge in [-0.2, -0.15) is 0 Å². The van der Waals surface area contributed by atoms with Gasteiger partial charge in [0.1, 0.15) is 18.6 Å². The molecule has 0 bridgehead atoms. The van der Waals surface area contributed by atoms with Crippen molar-refractivity contribution in [1.29, 1.82) is 0 Å². The van der Waals surface area contributed by atoms with Crippen LogP contribution < -0.4 is 15.1 Å². The van der Waals surface area contributed by atoms with E-state index in [0.29, 0.717) is 48.0 Å². The van der Waals surface area contributed by atoms with Gasteiger partial charge in [0.25, 0.3) is 5.91 Å². The molecule has 4 aromatic rings. The first kappa shape index (κ1) is 27.1. The van der Waals surface area contributed by atoms with Crippen molar-refractivity contribution in [2.45, 2.75) is 51.7 Å². The second-order valence-corrected chi connectivity index (χ2v) is 10.2. The summed E-state index contributed by atoms with van der Waals surface area (Å²) in [5.74, 6) is -1.39. The lowest BCUT2D eigenvalue weighted by Gasteiger charge is -2.54. The monoisotopic (exact) mass is 575 g/mol. The number of amides is 1. The van der Waals surface area contributed by atoms with E-state index in [0.717, 1.165) is 6.42 Å². The summed E-state index contributed by atoms with van der Waals surface area (Å²) in [5.41, 5.74) is 1.50. The lowest BCUT2D eigenvalue weighted by molar-refractivity contribution is -0.137. The highest BCUT2D eigenvalue weighted by atomic mass is 16.5. The third-order valence-electron chi connectivity index (χ3n) is 8.01. The van der Waals surface area contributed by atoms with Gasteiger partial charge in [0.05, 0.1) is 24.5 Å². The van der Waals surface area contributed by atoms with E-state index in [1.54, 1.807) is 24.0 Å². The van der Waals surface area contributed by atoms with E-state index in [2.05, 4.69) is 25.1 Å². The van der Waals surface area contributed by atoms with Gasteiger partial charge >= 0.3 is 5.97 Å². The summed E-state index contributed by atoms with van der Waals surface area (Å²) >= 11 is 0. The summed E-state index contributed by atoms with van der Waals surface area (Å²) in [6.07, 6.45) is 4.58. The number of aromatic hydroxyl groups is 1. The molecular weight excluding hydrogens is 546 g/mol. The molecule has 218 valence electrons. The fraction of sp³-hybridized carbons (Fsp3) is 0.407. The molecule has 2 N–H and O–H groups in total. The Morgan fingerprint density at radius 1 is 1.12 bits per heavy atom. The van der Waals surface area contributed by atoms with Gasteiger partial charge in [-0.15, -0.1) is 15.0 Å². The molecule has 15 heteroatoms. The first-order valence-corrected chi connectivity index (χ1v) is 13.6. The molecule has 1 amide bonds. The number of carbonyl (C=O) groups excluding carboxylic acids is 1. The Kier molecular flexibility index (Phi) is 6.71. The van der Waals surface area contributed by atoms with Crippen molar-refractivity contribution in [3.05, 3.63) is 52.0 Å². The highest BCUT2D eigenvalue weighted by molar-refractivity contribution is 5.95. The van der Waals surface area contributed by atoms with Gasteiger partial charge in [-0.25, -0.2) is 15.0 Å². The van der Waals surface area contributed by atoms with Crippen molar-refractivity contribution in [1.82, 2.24) is 39.4 Å². The molecule has 0 unspecified atom stereocenters. The summed E-state index contributed by atoms with van der Waals surface area (Å²) in [7, 11) is 1.48. The molecular formula is C27H29N9O6. The standard InChI is InChI=1S/C27H29N9O6/c1-4-16-23(33-9-10-34(18-6-5-17(18)33)27(41)22-24(39)14(2)29-13-30-22)25(40)21-26(35(16)12-20(37)38)32-36(31-21)15-7-8-28-19(11-15)42-3/h7-8,11,13,17-18,39H,4-6,9-10,12H2,1-3H3,(H,37,38)/t17-,18-/m0/s1. The third kappa shape index (κ3) is 4.28. The number of carbonyl (C=O) groups is 2. The summed E-state index contributed by atoms with van der Waals surface area (Å²) < 4.78 is 6.73. The van der Waals surface area contributed by atoms with Crippen LogP contribution in [0.2, 0.25) is 0 Å². The SMILES string of the molecule is CCc1c(N2CCN(C(=O)c3ncnc(C)c3O)[C@H]3CC[C@@H]32)c(=O)c2nn(-c3ccnc(OC)c3)nc2n1CC(=O)O. The maximum Gasteiger partial charge on any atom is 0.323 e. The number of ether oxygens (including phenoxy) is 1. The summed E-state index contributed by atoms with van der Waals surface area (Å²) in [6.45, 7) is 3.66. The van der Waals surface area contributed by atoms with Crippen molar-refractivity contribution in [3.8, 4) is 17.3 Å². The number of pyridine rings is 2. The van der Waals surface area contributed by atoms with Crippen LogP contribution >= 0.6 is 0 Å². The van der Waals surface area contributed by atoms with Crippen molar-refractivity contribution >= 4 is 28.7 Å². The Balaban J connectivity index is 1.43. The Bertz CT molecular complexity index is 1780. The van der Waals surface area contributed by atoms with E-state index in [1.165, 1.54) is 29.0 Å². The van der Waals surface area contributed by atoms with Crippen LogP contribution in [-0.4, -0.2) is 93.8 Å². The van der Waals surface area contributed by atoms with E-state index in [4.69, 9.17) is 4.74 Å². The minimum absolute atomic E-state index is 0.0370. The van der Waals surface area contributed by atoms with Crippen molar-refractivity contribution in [3.63, 3.8) is 0 Å². The number of aromatic nitrogens is 7. The Hall–Kier alpha value is -5.08. The number of rotatable bonds is 7. The summed E-state index contributed by atoms with van der Waals surface area (Å²) in [5, 5.41) is 29.2. The predicted octanol–water partition coefficient (Wildman–Crippen LogP) is 0.930. The summed E-state index contributed by atoms with van der Waals surface area (Å²) in [4.78, 5) is 56.5. The molecule has 1 aliphatic carbocycles. The number of aliphatic carboxylic acids is 1. The van der Waals surface area contributed by atoms with Crippen molar-refractivity contribution in [2.75, 3.05) is 25.1 Å². The Morgan fingerprint density at radius 2 is 1.90 bits per heavy atom. The molecule has 4 aromatic heterocycles. The Labute approximate surface area is 239 Å². The van der Waals surface area contributed by atoms with Gasteiger partial charge in [-0.1, -0.05) is 6.92 Å². The number of nitrogens with zero attached hydrogens (tertiary/aromatic N) is 9. The quantitative estimate of drug-likeness (QED) is 0.319. The van der Waals surface area contributed by atoms with Gasteiger partial charge in [-0.05, 0) is 32.3 Å². The highest BCUT2D eigenvalue weighted by Gasteiger charge is 2.47. The van der Waals surface area contributed by atoms with E-state index in [1.807, 2.05) is 11.8 Å². The molecule has 6 rings (SSSR count). The molecule has 0 aromatic carbocycles. The largest absolute Gasteiger partial charge is 0.504 e. The number of methoxy groups -OCH3 is 1. The van der Waals surface area contributed by atoms with Crippen molar-refractivity contribution in [2.24, 2.45) is 0 Å². The molecule has 2 aliphatic rings. The second kappa shape index (κ2) is 10.4. The van der Waals surface area contributed by atoms with Crippen LogP contribution in [0.5, 0.6) is 11.6 Å². The number of carboxylic acids is 1. The van der Waals surface area contributed by atoms with Gasteiger partial charge in [-0.3, -0.25) is 14.4 Å². The predicted molar refractivity (Wildman–Crippen MR) is 148 cm³/mol. The van der Waals surface area contributed by atoms with Crippen LogP contribution in [0.1, 0.15) is 41.6 Å². The zero-order chi connectivity index (χ0) is 29.7. The van der Waals surface area contributed by atoms with Crippen LogP contribution in [0.3, 0.4) is 0 Å². The van der Waals surface area contributed by atoms with Crippen LogP contribution in [-0.2, 0) is 17.8 Å². The normalized spacial score (nSPS) is 18.1. The maximum atomic E-state index is 14.1. The number of fused-ring (bicyclic) bond motifs is 2. The maximum absolute atomic E-state index is 14.1. The number of anilines is 1. The molecule has 0 radical (unpaired) electrons. The molecule has 15 nitrogen and oxygen atoms in total. The van der Waals surface area contributed by atoms with E-state index >= 15 is 0 Å². The smallest absolute Gasteiger partial charge is 0.323 e. The van der Waals surface area contributed by atoms with E-state index in [9.17, 15) is 24.6 Å². The van der Waals surface area contributed by atoms with Crippen molar-refractivity contribution < 1.29 is 24.5 Å². The first-order valence-electron chi connectivity index (χ1n) is 13.6. The van der Waals surface area contributed by atoms with Gasteiger partial charge in [0.15, 0.2) is 22.6 Å². The third-order valence-corrected chi connectivity index (χ3v) is 8.01. The number of hydrogen-bond acceptors (Lipinski definition) is 11. The number of carboxylic acid groups (broad SMARTS) is 1. The highest BCUT2D eigenvalue weighted by Crippen LogP contribution is 2.38. The molecule has 0 spiro atoms. The second-order valence-electron chi connectivity index (χ2n) is 10.2. The minimum Gasteiger partial charge on any atom is -0.504 e. The molecule has 2 atom stereocenters. The number of piperazine rings is 1. The number of aryl methyl sites for hydroxylation is 1. The molecule has 2 fully saturated rings. The van der Waals surface area contributed by atoms with E-state index in [-0.39, 0.29) is 46.7 Å². The molecule has 1 saturated heterocycles. The fourth-order valence-electron chi connectivity index (χ4n) is 5.87. The van der Waals surface area contributed by atoms with Gasteiger partial charge < -0.3 is 29.3 Å². The first-order chi connectivity index (χ1) is 20.2. The fourth-order valence-corrected chi connectivity index (χ4v) is 5.87. The zero-order valence-corrected chi connectivity index (χ0v) is 23.3. The summed E-state index contributed by atoms with van der Waals surface area (Å²) in [6, 6.07) is 2.87. The van der Waals surface area contributed by atoms with Crippen LogP contribution in [0.15, 0.2) is 29.5 Å².